The Morgan fingerprint density at radius 2 is 1.85 bits per heavy atom. The summed E-state index contributed by atoms with van der Waals surface area (Å²) < 4.78 is 12.7. The van der Waals surface area contributed by atoms with E-state index in [0.29, 0.717) is 32.6 Å². The number of nitrogens with one attached hydrogen (secondary N) is 1. The van der Waals surface area contributed by atoms with Crippen LogP contribution in [-0.4, -0.2) is 62.8 Å². The number of ether oxygens (including phenoxy) is 2. The van der Waals surface area contributed by atoms with Crippen molar-refractivity contribution in [3.05, 3.63) is 83.9 Å². The summed E-state index contributed by atoms with van der Waals surface area (Å²) in [4.78, 5) is 19.0. The minimum Gasteiger partial charge on any atom is -0.497 e. The van der Waals surface area contributed by atoms with Crippen molar-refractivity contribution in [1.82, 2.24) is 30.2 Å². The fraction of sp³-hybridized carbons (Fsp3) is 0.400. The van der Waals surface area contributed by atoms with Gasteiger partial charge in [0.05, 0.1) is 19.3 Å². The molecule has 2 aromatic carbocycles. The number of methoxy groups -OCH3 is 1. The molecule has 0 aliphatic rings. The number of carbonyl (C=O) groups is 1. The highest BCUT2D eigenvalue weighted by Crippen LogP contribution is 2.16. The van der Waals surface area contributed by atoms with Crippen LogP contribution in [0.4, 0.5) is 4.79 Å². The number of benzene rings is 2. The molecule has 1 atom stereocenters. The lowest BCUT2D eigenvalue weighted by Crippen LogP contribution is -2.45. The number of amides is 1. The lowest BCUT2D eigenvalue weighted by molar-refractivity contribution is 0.0236. The third-order valence-corrected chi connectivity index (χ3v) is 6.23. The van der Waals surface area contributed by atoms with Crippen molar-refractivity contribution in [2.75, 3.05) is 20.2 Å². The highest BCUT2D eigenvalue weighted by molar-refractivity contribution is 5.82. The molecule has 1 amide bonds. The monoisotopic (exact) mass is 530 g/mol. The second-order valence-electron chi connectivity index (χ2n) is 10.8. The van der Waals surface area contributed by atoms with E-state index in [0.717, 1.165) is 27.8 Å². The smallest absolute Gasteiger partial charge is 0.410 e. The third-order valence-electron chi connectivity index (χ3n) is 6.23. The fourth-order valence-electron chi connectivity index (χ4n) is 4.21. The van der Waals surface area contributed by atoms with Crippen LogP contribution in [0.2, 0.25) is 0 Å². The number of fused-ring (bicyclic) bond motifs is 1. The summed E-state index contributed by atoms with van der Waals surface area (Å²) in [7, 11) is 1.65. The maximum absolute atomic E-state index is 13.1. The lowest BCUT2D eigenvalue weighted by atomic mass is 10.1. The van der Waals surface area contributed by atoms with Gasteiger partial charge in [0, 0.05) is 56.1 Å². The molecule has 206 valence electrons. The maximum atomic E-state index is 13.1. The Hall–Kier alpha value is -3.98. The summed E-state index contributed by atoms with van der Waals surface area (Å²) in [6.07, 6.45) is 5.84. The number of hydrogen-bond acceptors (Lipinski definition) is 7. The van der Waals surface area contributed by atoms with E-state index in [2.05, 4.69) is 45.7 Å². The Labute approximate surface area is 230 Å². The molecule has 0 fully saturated rings. The molecule has 39 heavy (non-hydrogen) atoms. The maximum Gasteiger partial charge on any atom is 0.410 e. The summed E-state index contributed by atoms with van der Waals surface area (Å²) in [6, 6.07) is 16.3. The van der Waals surface area contributed by atoms with Gasteiger partial charge in [0.25, 0.3) is 0 Å². The van der Waals surface area contributed by atoms with Crippen molar-refractivity contribution in [3.8, 4) is 5.75 Å². The predicted octanol–water partition coefficient (Wildman–Crippen LogP) is 4.84. The SMILES string of the molecule is COc1ccc(Cn2cc(CCN(C[C@@H](C)NCc3ccc4cnccc4c3)C(=O)OC(C)(C)C)nn2)cc1. The van der Waals surface area contributed by atoms with Crippen LogP contribution >= 0.6 is 0 Å². The molecule has 2 aromatic heterocycles. The Morgan fingerprint density at radius 1 is 1.08 bits per heavy atom. The molecule has 4 rings (SSSR count). The average Bonchev–Trinajstić information content (AvgIpc) is 3.36. The molecule has 0 bridgehead atoms. The summed E-state index contributed by atoms with van der Waals surface area (Å²) in [6.45, 7) is 10.0. The van der Waals surface area contributed by atoms with Crippen LogP contribution in [0.3, 0.4) is 0 Å². The highest BCUT2D eigenvalue weighted by Gasteiger charge is 2.23. The Morgan fingerprint density at radius 3 is 2.59 bits per heavy atom. The first-order valence-corrected chi connectivity index (χ1v) is 13.2. The topological polar surface area (TPSA) is 94.4 Å². The molecule has 1 N–H and O–H groups in total. The summed E-state index contributed by atoms with van der Waals surface area (Å²) in [5.74, 6) is 0.818. The van der Waals surface area contributed by atoms with Crippen LogP contribution in [0.5, 0.6) is 5.75 Å². The summed E-state index contributed by atoms with van der Waals surface area (Å²) >= 11 is 0. The van der Waals surface area contributed by atoms with Crippen molar-refractivity contribution < 1.29 is 14.3 Å². The first-order valence-electron chi connectivity index (χ1n) is 13.2. The molecule has 2 heterocycles. The molecule has 0 aliphatic heterocycles. The summed E-state index contributed by atoms with van der Waals surface area (Å²) in [5, 5.41) is 14.4. The number of nitrogens with zero attached hydrogens (tertiary/aromatic N) is 5. The van der Waals surface area contributed by atoms with Crippen molar-refractivity contribution >= 4 is 16.9 Å². The van der Waals surface area contributed by atoms with E-state index < -0.39 is 5.60 Å². The number of hydrogen-bond donors (Lipinski definition) is 1. The molecular formula is C30H38N6O3. The Kier molecular flexibility index (Phi) is 9.14. The fourth-order valence-corrected chi connectivity index (χ4v) is 4.21. The quantitative estimate of drug-likeness (QED) is 0.296. The molecule has 9 heteroatoms. The van der Waals surface area contributed by atoms with Gasteiger partial charge in [-0.05, 0) is 68.5 Å². The molecule has 0 radical (unpaired) electrons. The van der Waals surface area contributed by atoms with Gasteiger partial charge in [-0.25, -0.2) is 9.48 Å². The van der Waals surface area contributed by atoms with E-state index in [4.69, 9.17) is 9.47 Å². The van der Waals surface area contributed by atoms with Gasteiger partial charge in [0.1, 0.15) is 11.4 Å². The third kappa shape index (κ3) is 8.51. The van der Waals surface area contributed by atoms with Gasteiger partial charge in [-0.15, -0.1) is 5.10 Å². The van der Waals surface area contributed by atoms with Crippen LogP contribution in [0.25, 0.3) is 10.8 Å². The predicted molar refractivity (Wildman–Crippen MR) is 152 cm³/mol. The van der Waals surface area contributed by atoms with Crippen LogP contribution < -0.4 is 10.1 Å². The normalized spacial score (nSPS) is 12.3. The van der Waals surface area contributed by atoms with Gasteiger partial charge < -0.3 is 19.7 Å². The van der Waals surface area contributed by atoms with E-state index in [-0.39, 0.29) is 12.1 Å². The first kappa shape index (κ1) is 28.0. The van der Waals surface area contributed by atoms with Crippen LogP contribution in [-0.2, 0) is 24.2 Å². The minimum absolute atomic E-state index is 0.0522. The Bertz CT molecular complexity index is 1360. The van der Waals surface area contributed by atoms with Crippen LogP contribution in [0, 0.1) is 0 Å². The van der Waals surface area contributed by atoms with Crippen molar-refractivity contribution in [2.24, 2.45) is 0 Å². The molecule has 4 aromatic rings. The van der Waals surface area contributed by atoms with Crippen LogP contribution in [0.15, 0.2) is 67.1 Å². The van der Waals surface area contributed by atoms with Crippen molar-refractivity contribution in [1.29, 1.82) is 0 Å². The summed E-state index contributed by atoms with van der Waals surface area (Å²) in [5.41, 5.74) is 2.53. The highest BCUT2D eigenvalue weighted by atomic mass is 16.6. The van der Waals surface area contributed by atoms with E-state index in [1.54, 1.807) is 22.9 Å². The van der Waals surface area contributed by atoms with Crippen LogP contribution in [0.1, 0.15) is 44.5 Å². The van der Waals surface area contributed by atoms with Crippen molar-refractivity contribution in [2.45, 2.75) is 58.8 Å². The van der Waals surface area contributed by atoms with E-state index >= 15 is 0 Å². The number of aromatic nitrogens is 4. The lowest BCUT2D eigenvalue weighted by Gasteiger charge is -2.29. The number of rotatable bonds is 11. The first-order chi connectivity index (χ1) is 18.7. The molecule has 0 saturated heterocycles. The van der Waals surface area contributed by atoms with Gasteiger partial charge in [-0.2, -0.15) is 0 Å². The second-order valence-corrected chi connectivity index (χ2v) is 10.8. The van der Waals surface area contributed by atoms with Gasteiger partial charge >= 0.3 is 6.09 Å². The van der Waals surface area contributed by atoms with E-state index in [1.807, 2.05) is 63.5 Å². The van der Waals surface area contributed by atoms with Gasteiger partial charge in [0.2, 0.25) is 0 Å². The molecule has 0 unspecified atom stereocenters. The minimum atomic E-state index is -0.576. The number of carbonyl (C=O) groups excluding carboxylic acids is 1. The largest absolute Gasteiger partial charge is 0.497 e. The average molecular weight is 531 g/mol. The molecule has 0 aliphatic carbocycles. The van der Waals surface area contributed by atoms with Crippen molar-refractivity contribution in [3.63, 3.8) is 0 Å². The van der Waals surface area contributed by atoms with E-state index in [1.165, 1.54) is 5.56 Å². The molecule has 9 nitrogen and oxygen atoms in total. The zero-order chi connectivity index (χ0) is 27.8. The molecule has 0 spiro atoms. The van der Waals surface area contributed by atoms with Gasteiger partial charge in [-0.1, -0.05) is 29.5 Å². The Balaban J connectivity index is 1.34. The van der Waals surface area contributed by atoms with Gasteiger partial charge in [-0.3, -0.25) is 4.98 Å². The standard InChI is InChI=1S/C30H38N6O3/c1-22(32-17-24-6-9-26-18-31-14-12-25(26)16-24)19-35(29(37)39-30(2,3)4)15-13-27-21-36(34-33-27)20-23-7-10-28(38-5)11-8-23/h6-12,14,16,18,21-22,32H,13,15,17,19-20H2,1-5H3/t22-/m1/s1. The zero-order valence-electron chi connectivity index (χ0n) is 23.4. The molecule has 0 saturated carbocycles. The zero-order valence-corrected chi connectivity index (χ0v) is 23.4. The molecular weight excluding hydrogens is 492 g/mol. The second kappa shape index (κ2) is 12.7. The number of pyridine rings is 1. The van der Waals surface area contributed by atoms with E-state index in [9.17, 15) is 4.79 Å². The van der Waals surface area contributed by atoms with Gasteiger partial charge in [0.15, 0.2) is 0 Å².